The van der Waals surface area contributed by atoms with Crippen LogP contribution in [-0.4, -0.2) is 8.42 Å². The van der Waals surface area contributed by atoms with Crippen molar-refractivity contribution in [2.45, 2.75) is 13.0 Å². The van der Waals surface area contributed by atoms with E-state index in [1.165, 1.54) is 0 Å². The topological polar surface area (TPSA) is 43.4 Å². The molecule has 0 aliphatic heterocycles. The standard InChI is InChI=1S/C8H10O3S/c1-7(11-12(9)10)8-5-3-2-4-6-8/h2-7,12H,1H3. The van der Waals surface area contributed by atoms with E-state index in [1.807, 2.05) is 30.3 Å². The predicted octanol–water partition coefficient (Wildman–Crippen LogP) is 1.29. The second kappa shape index (κ2) is 4.23. The number of rotatable bonds is 3. The van der Waals surface area contributed by atoms with Gasteiger partial charge in [0, 0.05) is 0 Å². The van der Waals surface area contributed by atoms with Crippen LogP contribution in [0.15, 0.2) is 30.3 Å². The summed E-state index contributed by atoms with van der Waals surface area (Å²) in [6.45, 7) is 1.69. The molecule has 0 aliphatic carbocycles. The van der Waals surface area contributed by atoms with Crippen LogP contribution in [0.1, 0.15) is 18.6 Å². The van der Waals surface area contributed by atoms with E-state index in [9.17, 15) is 8.42 Å². The third-order valence-corrected chi connectivity index (χ3v) is 2.00. The highest BCUT2D eigenvalue weighted by atomic mass is 32.2. The van der Waals surface area contributed by atoms with Crippen LogP contribution in [-0.2, 0) is 15.2 Å². The minimum absolute atomic E-state index is 0.396. The van der Waals surface area contributed by atoms with Crippen molar-refractivity contribution in [3.05, 3.63) is 35.9 Å². The van der Waals surface area contributed by atoms with Crippen molar-refractivity contribution in [3.8, 4) is 0 Å². The van der Waals surface area contributed by atoms with Crippen molar-refractivity contribution in [1.82, 2.24) is 0 Å². The highest BCUT2D eigenvalue weighted by Crippen LogP contribution is 2.15. The molecule has 4 heteroatoms. The van der Waals surface area contributed by atoms with Crippen LogP contribution in [0, 0.1) is 0 Å². The fraction of sp³-hybridized carbons (Fsp3) is 0.250. The highest BCUT2D eigenvalue weighted by molar-refractivity contribution is 7.67. The molecule has 1 rings (SSSR count). The lowest BCUT2D eigenvalue weighted by Crippen LogP contribution is -1.97. The molecule has 0 saturated heterocycles. The van der Waals surface area contributed by atoms with Crippen LogP contribution in [0.3, 0.4) is 0 Å². The Labute approximate surface area is 73.1 Å². The van der Waals surface area contributed by atoms with Gasteiger partial charge in [0.15, 0.2) is 0 Å². The van der Waals surface area contributed by atoms with Crippen molar-refractivity contribution in [3.63, 3.8) is 0 Å². The Morgan fingerprint density at radius 3 is 2.33 bits per heavy atom. The summed E-state index contributed by atoms with van der Waals surface area (Å²) in [5.74, 6) is 0. The van der Waals surface area contributed by atoms with E-state index >= 15 is 0 Å². The van der Waals surface area contributed by atoms with Gasteiger partial charge in [0.25, 0.3) is 11.0 Å². The van der Waals surface area contributed by atoms with Gasteiger partial charge in [-0.05, 0) is 12.5 Å². The summed E-state index contributed by atoms with van der Waals surface area (Å²) in [5.41, 5.74) is 0.858. The van der Waals surface area contributed by atoms with Gasteiger partial charge in [-0.3, -0.25) is 4.18 Å². The Morgan fingerprint density at radius 1 is 1.25 bits per heavy atom. The van der Waals surface area contributed by atoms with Crippen LogP contribution < -0.4 is 0 Å². The summed E-state index contributed by atoms with van der Waals surface area (Å²) in [6.07, 6.45) is -0.396. The number of thiol groups is 1. The highest BCUT2D eigenvalue weighted by Gasteiger charge is 2.04. The maximum Gasteiger partial charge on any atom is 0.257 e. The van der Waals surface area contributed by atoms with E-state index in [4.69, 9.17) is 0 Å². The van der Waals surface area contributed by atoms with Gasteiger partial charge < -0.3 is 0 Å². The molecule has 1 atom stereocenters. The molecule has 1 aromatic carbocycles. The Morgan fingerprint density at radius 2 is 1.83 bits per heavy atom. The fourth-order valence-corrected chi connectivity index (χ4v) is 1.29. The molecule has 3 nitrogen and oxygen atoms in total. The van der Waals surface area contributed by atoms with Crippen LogP contribution in [0.5, 0.6) is 0 Å². The molecule has 0 heterocycles. The van der Waals surface area contributed by atoms with Crippen molar-refractivity contribution in [2.75, 3.05) is 0 Å². The summed E-state index contributed by atoms with van der Waals surface area (Å²) in [6, 6.07) is 9.19. The maximum atomic E-state index is 10.2. The Bertz CT molecular complexity index is 297. The van der Waals surface area contributed by atoms with Gasteiger partial charge in [-0.1, -0.05) is 30.3 Å². The van der Waals surface area contributed by atoms with Gasteiger partial charge in [-0.15, -0.1) is 0 Å². The van der Waals surface area contributed by atoms with E-state index < -0.39 is 17.1 Å². The van der Waals surface area contributed by atoms with E-state index in [0.29, 0.717) is 0 Å². The average Bonchev–Trinajstić information content (AvgIpc) is 2.05. The summed E-state index contributed by atoms with van der Waals surface area (Å²) in [5, 5.41) is 0. The molecule has 66 valence electrons. The van der Waals surface area contributed by atoms with Gasteiger partial charge in [0.2, 0.25) is 0 Å². The molecule has 0 radical (unpaired) electrons. The monoisotopic (exact) mass is 186 g/mol. The molecular formula is C8H10O3S. The number of hydrogen-bond donors (Lipinski definition) is 1. The minimum Gasteiger partial charge on any atom is -0.264 e. The molecular weight excluding hydrogens is 176 g/mol. The lowest BCUT2D eigenvalue weighted by atomic mass is 10.1. The lowest BCUT2D eigenvalue weighted by Gasteiger charge is -2.06. The van der Waals surface area contributed by atoms with Gasteiger partial charge in [0.1, 0.15) is 0 Å². The smallest absolute Gasteiger partial charge is 0.257 e. The van der Waals surface area contributed by atoms with Gasteiger partial charge in [0.05, 0.1) is 6.10 Å². The molecule has 1 aromatic rings. The quantitative estimate of drug-likeness (QED) is 0.723. The van der Waals surface area contributed by atoms with Crippen LogP contribution in [0.2, 0.25) is 0 Å². The second-order valence-electron chi connectivity index (χ2n) is 2.38. The van der Waals surface area contributed by atoms with Gasteiger partial charge in [-0.25, -0.2) is 8.42 Å². The summed E-state index contributed by atoms with van der Waals surface area (Å²) in [4.78, 5) is 0. The minimum atomic E-state index is -2.76. The summed E-state index contributed by atoms with van der Waals surface area (Å²) >= 11 is 0. The summed E-state index contributed by atoms with van der Waals surface area (Å²) < 4.78 is 25.0. The summed E-state index contributed by atoms with van der Waals surface area (Å²) in [7, 11) is -2.76. The molecule has 0 bridgehead atoms. The Balaban J connectivity index is 2.71. The zero-order chi connectivity index (χ0) is 8.97. The number of benzene rings is 1. The predicted molar refractivity (Wildman–Crippen MR) is 46.3 cm³/mol. The zero-order valence-electron chi connectivity index (χ0n) is 6.64. The van der Waals surface area contributed by atoms with E-state index in [2.05, 4.69) is 4.18 Å². The van der Waals surface area contributed by atoms with E-state index in [1.54, 1.807) is 6.92 Å². The first kappa shape index (κ1) is 9.22. The first-order valence-electron chi connectivity index (χ1n) is 3.56. The Kier molecular flexibility index (Phi) is 3.25. The molecule has 0 saturated carbocycles. The first-order valence-corrected chi connectivity index (χ1v) is 4.66. The first-order chi connectivity index (χ1) is 5.70. The maximum absolute atomic E-state index is 10.2. The average molecular weight is 186 g/mol. The molecule has 0 amide bonds. The molecule has 1 unspecified atom stereocenters. The van der Waals surface area contributed by atoms with E-state index in [-0.39, 0.29) is 0 Å². The van der Waals surface area contributed by atoms with Crippen molar-refractivity contribution < 1.29 is 12.6 Å². The van der Waals surface area contributed by atoms with Crippen molar-refractivity contribution in [1.29, 1.82) is 0 Å². The fourth-order valence-electron chi connectivity index (χ4n) is 0.914. The van der Waals surface area contributed by atoms with Gasteiger partial charge in [-0.2, -0.15) is 0 Å². The molecule has 0 N–H and O–H groups in total. The molecule has 12 heavy (non-hydrogen) atoms. The molecule has 0 fully saturated rings. The van der Waals surface area contributed by atoms with Crippen LogP contribution in [0.4, 0.5) is 0 Å². The molecule has 0 aromatic heterocycles. The van der Waals surface area contributed by atoms with Crippen molar-refractivity contribution >= 4 is 11.0 Å². The second-order valence-corrected chi connectivity index (χ2v) is 3.04. The zero-order valence-corrected chi connectivity index (χ0v) is 7.53. The SMILES string of the molecule is CC(O[SH](=O)=O)c1ccccc1. The Hall–Kier alpha value is -0.870. The largest absolute Gasteiger partial charge is 0.264 e. The van der Waals surface area contributed by atoms with Crippen molar-refractivity contribution in [2.24, 2.45) is 0 Å². The van der Waals surface area contributed by atoms with Crippen LogP contribution >= 0.6 is 0 Å². The van der Waals surface area contributed by atoms with Crippen LogP contribution in [0.25, 0.3) is 0 Å². The third-order valence-electron chi connectivity index (χ3n) is 1.51. The molecule has 0 aliphatic rings. The lowest BCUT2D eigenvalue weighted by molar-refractivity contribution is 0.245. The molecule has 0 spiro atoms. The number of hydrogen-bond acceptors (Lipinski definition) is 3. The van der Waals surface area contributed by atoms with E-state index in [0.717, 1.165) is 5.56 Å². The third kappa shape index (κ3) is 2.64. The normalized spacial score (nSPS) is 13.2. The van der Waals surface area contributed by atoms with Gasteiger partial charge >= 0.3 is 0 Å².